The highest BCUT2D eigenvalue weighted by molar-refractivity contribution is 5.52. The molecule has 3 heterocycles. The Morgan fingerprint density at radius 1 is 0.913 bits per heavy atom. The fourth-order valence-corrected chi connectivity index (χ4v) is 3.49. The first kappa shape index (κ1) is 14.3. The van der Waals surface area contributed by atoms with E-state index in [2.05, 4.69) is 55.4 Å². The average Bonchev–Trinajstić information content (AvgIpc) is 3.28. The Hall–Kier alpha value is -2.30. The fourth-order valence-electron chi connectivity index (χ4n) is 3.49. The third-order valence-electron chi connectivity index (χ3n) is 4.73. The highest BCUT2D eigenvalue weighted by Gasteiger charge is 2.24. The normalized spacial score (nSPS) is 21.0. The van der Waals surface area contributed by atoms with Gasteiger partial charge < -0.3 is 15.1 Å². The van der Waals surface area contributed by atoms with Gasteiger partial charge in [-0.15, -0.1) is 0 Å². The molecule has 1 aromatic carbocycles. The summed E-state index contributed by atoms with van der Waals surface area (Å²) < 4.78 is 0. The average molecular weight is 309 g/mol. The number of anilines is 3. The lowest BCUT2D eigenvalue weighted by molar-refractivity contribution is 0.805. The summed E-state index contributed by atoms with van der Waals surface area (Å²) >= 11 is 0. The summed E-state index contributed by atoms with van der Waals surface area (Å²) in [5, 5.41) is 3.61. The van der Waals surface area contributed by atoms with E-state index in [1.165, 1.54) is 18.5 Å². The maximum absolute atomic E-state index is 4.49. The zero-order valence-electron chi connectivity index (χ0n) is 13.4. The zero-order chi connectivity index (χ0) is 15.5. The number of para-hydroxylation sites is 1. The maximum atomic E-state index is 4.49. The summed E-state index contributed by atoms with van der Waals surface area (Å²) in [4.78, 5) is 13.7. The van der Waals surface area contributed by atoms with Crippen LogP contribution in [0.5, 0.6) is 0 Å². The smallest absolute Gasteiger partial charge is 0.134 e. The van der Waals surface area contributed by atoms with Crippen molar-refractivity contribution >= 4 is 17.3 Å². The highest BCUT2D eigenvalue weighted by atomic mass is 15.3. The van der Waals surface area contributed by atoms with E-state index in [1.807, 2.05) is 6.07 Å². The van der Waals surface area contributed by atoms with Crippen molar-refractivity contribution in [1.82, 2.24) is 9.97 Å². The number of rotatable bonds is 4. The SMILES string of the molecule is c1ccc(N[C@@H]2CCN(c3cc(N4CCCC4)ncn3)C2)cc1. The number of aromatic nitrogens is 2. The molecule has 0 amide bonds. The molecule has 5 heteroatoms. The maximum Gasteiger partial charge on any atom is 0.134 e. The minimum atomic E-state index is 0.475. The lowest BCUT2D eigenvalue weighted by Crippen LogP contribution is -2.27. The van der Waals surface area contributed by atoms with Crippen molar-refractivity contribution in [3.05, 3.63) is 42.7 Å². The van der Waals surface area contributed by atoms with Crippen molar-refractivity contribution in [3.63, 3.8) is 0 Å². The van der Waals surface area contributed by atoms with Gasteiger partial charge in [0.15, 0.2) is 0 Å². The molecule has 1 aromatic heterocycles. The Bertz CT molecular complexity index is 639. The standard InChI is InChI=1S/C18H23N5/c1-2-6-15(7-3-1)21-16-8-11-23(13-16)18-12-17(19-14-20-18)22-9-4-5-10-22/h1-3,6-7,12,14,16,21H,4-5,8-11,13H2/t16-/m1/s1. The Balaban J connectivity index is 1.42. The largest absolute Gasteiger partial charge is 0.380 e. The summed E-state index contributed by atoms with van der Waals surface area (Å²) in [6.45, 7) is 4.27. The van der Waals surface area contributed by atoms with Gasteiger partial charge in [-0.05, 0) is 31.4 Å². The predicted molar refractivity (Wildman–Crippen MR) is 94.2 cm³/mol. The summed E-state index contributed by atoms with van der Waals surface area (Å²) in [5.74, 6) is 2.13. The molecule has 120 valence electrons. The molecule has 2 aromatic rings. The quantitative estimate of drug-likeness (QED) is 0.941. The Morgan fingerprint density at radius 3 is 2.43 bits per heavy atom. The minimum Gasteiger partial charge on any atom is -0.380 e. The molecular weight excluding hydrogens is 286 g/mol. The zero-order valence-corrected chi connectivity index (χ0v) is 13.4. The number of hydrogen-bond donors (Lipinski definition) is 1. The Morgan fingerprint density at radius 2 is 1.65 bits per heavy atom. The van der Waals surface area contributed by atoms with Crippen molar-refractivity contribution < 1.29 is 0 Å². The minimum absolute atomic E-state index is 0.475. The molecule has 0 saturated carbocycles. The van der Waals surface area contributed by atoms with Crippen LogP contribution in [-0.2, 0) is 0 Å². The second-order valence-electron chi connectivity index (χ2n) is 6.37. The van der Waals surface area contributed by atoms with Crippen LogP contribution in [0.1, 0.15) is 19.3 Å². The summed E-state index contributed by atoms with van der Waals surface area (Å²) in [7, 11) is 0. The molecule has 0 bridgehead atoms. The van der Waals surface area contributed by atoms with Crippen LogP contribution in [0.3, 0.4) is 0 Å². The van der Waals surface area contributed by atoms with Gasteiger partial charge in [-0.25, -0.2) is 9.97 Å². The van der Waals surface area contributed by atoms with Gasteiger partial charge in [0.05, 0.1) is 0 Å². The van der Waals surface area contributed by atoms with Crippen LogP contribution in [-0.4, -0.2) is 42.2 Å². The fraction of sp³-hybridized carbons (Fsp3) is 0.444. The molecule has 1 N–H and O–H groups in total. The molecule has 0 unspecified atom stereocenters. The van der Waals surface area contributed by atoms with E-state index < -0.39 is 0 Å². The van der Waals surface area contributed by atoms with E-state index in [9.17, 15) is 0 Å². The molecule has 0 radical (unpaired) electrons. The summed E-state index contributed by atoms with van der Waals surface area (Å²) in [5.41, 5.74) is 1.19. The van der Waals surface area contributed by atoms with E-state index in [4.69, 9.17) is 0 Å². The number of nitrogens with zero attached hydrogens (tertiary/aromatic N) is 4. The second kappa shape index (κ2) is 6.44. The first-order chi connectivity index (χ1) is 11.4. The molecule has 4 rings (SSSR count). The van der Waals surface area contributed by atoms with E-state index in [1.54, 1.807) is 6.33 Å². The van der Waals surface area contributed by atoms with Gasteiger partial charge in [-0.1, -0.05) is 18.2 Å². The molecule has 2 aliphatic rings. The van der Waals surface area contributed by atoms with Gasteiger partial charge >= 0.3 is 0 Å². The molecule has 0 aliphatic carbocycles. The van der Waals surface area contributed by atoms with Gasteiger partial charge in [0.25, 0.3) is 0 Å². The molecule has 5 nitrogen and oxygen atoms in total. The van der Waals surface area contributed by atoms with Crippen LogP contribution in [0.15, 0.2) is 42.7 Å². The molecule has 2 saturated heterocycles. The van der Waals surface area contributed by atoms with Crippen LogP contribution < -0.4 is 15.1 Å². The van der Waals surface area contributed by atoms with Crippen molar-refractivity contribution in [2.24, 2.45) is 0 Å². The van der Waals surface area contributed by atoms with Crippen molar-refractivity contribution in [1.29, 1.82) is 0 Å². The van der Waals surface area contributed by atoms with Gasteiger partial charge in [0, 0.05) is 44.0 Å². The second-order valence-corrected chi connectivity index (χ2v) is 6.37. The first-order valence-electron chi connectivity index (χ1n) is 8.52. The highest BCUT2D eigenvalue weighted by Crippen LogP contribution is 2.25. The molecular formula is C18H23N5. The number of hydrogen-bond acceptors (Lipinski definition) is 5. The lowest BCUT2D eigenvalue weighted by Gasteiger charge is -2.21. The van der Waals surface area contributed by atoms with Gasteiger partial charge in [-0.3, -0.25) is 0 Å². The summed E-state index contributed by atoms with van der Waals surface area (Å²) in [6.07, 6.45) is 5.39. The number of nitrogens with one attached hydrogen (secondary N) is 1. The molecule has 1 atom stereocenters. The Kier molecular flexibility index (Phi) is 4.01. The van der Waals surface area contributed by atoms with Crippen LogP contribution in [0.4, 0.5) is 17.3 Å². The van der Waals surface area contributed by atoms with Crippen LogP contribution in [0, 0.1) is 0 Å². The van der Waals surface area contributed by atoms with E-state index in [-0.39, 0.29) is 0 Å². The summed E-state index contributed by atoms with van der Waals surface area (Å²) in [6, 6.07) is 13.1. The van der Waals surface area contributed by atoms with E-state index >= 15 is 0 Å². The predicted octanol–water partition coefficient (Wildman–Crippen LogP) is 2.77. The molecule has 23 heavy (non-hydrogen) atoms. The molecule has 2 aliphatic heterocycles. The molecule has 0 spiro atoms. The van der Waals surface area contributed by atoms with Crippen molar-refractivity contribution in [3.8, 4) is 0 Å². The van der Waals surface area contributed by atoms with Crippen molar-refractivity contribution in [2.75, 3.05) is 41.3 Å². The monoisotopic (exact) mass is 309 g/mol. The van der Waals surface area contributed by atoms with Gasteiger partial charge in [0.2, 0.25) is 0 Å². The van der Waals surface area contributed by atoms with E-state index in [0.29, 0.717) is 6.04 Å². The Labute approximate surface area is 137 Å². The third kappa shape index (κ3) is 3.23. The van der Waals surface area contributed by atoms with Gasteiger partial charge in [0.1, 0.15) is 18.0 Å². The number of benzene rings is 1. The van der Waals surface area contributed by atoms with Crippen LogP contribution >= 0.6 is 0 Å². The van der Waals surface area contributed by atoms with Gasteiger partial charge in [-0.2, -0.15) is 0 Å². The first-order valence-corrected chi connectivity index (χ1v) is 8.52. The van der Waals surface area contributed by atoms with E-state index in [0.717, 1.165) is 44.2 Å². The third-order valence-corrected chi connectivity index (χ3v) is 4.73. The van der Waals surface area contributed by atoms with Crippen molar-refractivity contribution in [2.45, 2.75) is 25.3 Å². The molecule has 2 fully saturated rings. The van der Waals surface area contributed by atoms with Crippen LogP contribution in [0.2, 0.25) is 0 Å². The van der Waals surface area contributed by atoms with Crippen LogP contribution in [0.25, 0.3) is 0 Å². The topological polar surface area (TPSA) is 44.3 Å². The lowest BCUT2D eigenvalue weighted by atomic mass is 10.2.